The number of methoxy groups -OCH3 is 3. The first-order valence-corrected chi connectivity index (χ1v) is 8.39. The van der Waals surface area contributed by atoms with Gasteiger partial charge < -0.3 is 18.6 Å². The van der Waals surface area contributed by atoms with Gasteiger partial charge in [-0.15, -0.1) is 0 Å². The highest BCUT2D eigenvalue weighted by Crippen LogP contribution is 2.39. The third kappa shape index (κ3) is 3.03. The Morgan fingerprint density at radius 1 is 0.963 bits per heavy atom. The molecule has 27 heavy (non-hydrogen) atoms. The van der Waals surface area contributed by atoms with Crippen molar-refractivity contribution in [2.45, 2.75) is 13.8 Å². The average Bonchev–Trinajstić information content (AvgIpc) is 3.07. The Bertz CT molecular complexity index is 1020. The van der Waals surface area contributed by atoms with Gasteiger partial charge in [-0.2, -0.15) is 0 Å². The Labute approximate surface area is 157 Å². The van der Waals surface area contributed by atoms with Crippen LogP contribution in [0.1, 0.15) is 38.9 Å². The predicted octanol–water partition coefficient (Wildman–Crippen LogP) is 3.71. The van der Waals surface area contributed by atoms with E-state index in [1.807, 2.05) is 19.1 Å². The number of carbonyl (C=O) groups excluding carboxylic acids is 2. The molecule has 0 amide bonds. The molecule has 3 rings (SSSR count). The van der Waals surface area contributed by atoms with Crippen LogP contribution in [-0.4, -0.2) is 37.3 Å². The Morgan fingerprint density at radius 3 is 2.11 bits per heavy atom. The number of hydrogen-bond donors (Lipinski definition) is 0. The molecule has 2 heterocycles. The molecule has 1 aromatic carbocycles. The molecule has 3 aromatic rings. The molecule has 6 heteroatoms. The van der Waals surface area contributed by atoms with Crippen LogP contribution in [0.4, 0.5) is 0 Å². The van der Waals surface area contributed by atoms with Crippen molar-refractivity contribution < 1.29 is 23.8 Å². The number of ether oxygens (including phenoxy) is 3. The van der Waals surface area contributed by atoms with Gasteiger partial charge in [0.15, 0.2) is 17.3 Å². The van der Waals surface area contributed by atoms with Crippen molar-refractivity contribution in [3.8, 4) is 17.2 Å². The molecule has 0 saturated heterocycles. The first-order chi connectivity index (χ1) is 12.9. The van der Waals surface area contributed by atoms with Crippen molar-refractivity contribution in [1.82, 2.24) is 4.40 Å². The van der Waals surface area contributed by atoms with Crippen LogP contribution < -0.4 is 14.2 Å². The lowest BCUT2D eigenvalue weighted by Gasteiger charge is -2.13. The van der Waals surface area contributed by atoms with E-state index in [9.17, 15) is 9.59 Å². The van der Waals surface area contributed by atoms with E-state index in [1.165, 1.54) is 28.3 Å². The van der Waals surface area contributed by atoms with Crippen LogP contribution >= 0.6 is 0 Å². The standard InChI is InChI=1S/C21H21NO5/c1-12-7-6-8-22-16(11-15(13(2)23)19(12)22)20(24)14-9-17(25-3)21(27-5)18(10-14)26-4/h6-11H,1-5H3. The Kier molecular flexibility index (Phi) is 4.90. The fourth-order valence-electron chi connectivity index (χ4n) is 3.24. The fraction of sp³-hybridized carbons (Fsp3) is 0.238. The summed E-state index contributed by atoms with van der Waals surface area (Å²) in [5.41, 5.74) is 2.95. The molecule has 0 atom stereocenters. The van der Waals surface area contributed by atoms with Crippen LogP contribution in [0.2, 0.25) is 0 Å². The topological polar surface area (TPSA) is 66.2 Å². The molecular weight excluding hydrogens is 346 g/mol. The number of nitrogens with zero attached hydrogens (tertiary/aromatic N) is 1. The lowest BCUT2D eigenvalue weighted by molar-refractivity contribution is 0.101. The van der Waals surface area contributed by atoms with Gasteiger partial charge in [-0.25, -0.2) is 0 Å². The molecule has 0 bridgehead atoms. The van der Waals surface area contributed by atoms with Crippen molar-refractivity contribution in [2.75, 3.05) is 21.3 Å². The average molecular weight is 367 g/mol. The summed E-state index contributed by atoms with van der Waals surface area (Å²) in [5.74, 6) is 0.859. The number of aromatic nitrogens is 1. The quantitative estimate of drug-likeness (QED) is 0.622. The van der Waals surface area contributed by atoms with E-state index < -0.39 is 0 Å². The first-order valence-electron chi connectivity index (χ1n) is 8.39. The highest BCUT2D eigenvalue weighted by Gasteiger charge is 2.23. The molecule has 140 valence electrons. The molecular formula is C21H21NO5. The molecule has 0 unspecified atom stereocenters. The Balaban J connectivity index is 2.23. The minimum absolute atomic E-state index is 0.0919. The van der Waals surface area contributed by atoms with Crippen LogP contribution in [0.25, 0.3) is 5.52 Å². The predicted molar refractivity (Wildman–Crippen MR) is 102 cm³/mol. The van der Waals surface area contributed by atoms with Crippen molar-refractivity contribution in [2.24, 2.45) is 0 Å². The second-order valence-electron chi connectivity index (χ2n) is 6.15. The zero-order valence-corrected chi connectivity index (χ0v) is 16.0. The van der Waals surface area contributed by atoms with Gasteiger partial charge in [0.2, 0.25) is 11.5 Å². The summed E-state index contributed by atoms with van der Waals surface area (Å²) < 4.78 is 17.7. The third-order valence-electron chi connectivity index (χ3n) is 4.53. The van der Waals surface area contributed by atoms with Gasteiger partial charge in [0.25, 0.3) is 0 Å². The van der Waals surface area contributed by atoms with Crippen molar-refractivity contribution in [1.29, 1.82) is 0 Å². The van der Waals surface area contributed by atoms with Crippen molar-refractivity contribution in [3.05, 3.63) is 58.9 Å². The summed E-state index contributed by atoms with van der Waals surface area (Å²) in [5, 5.41) is 0. The molecule has 0 aliphatic heterocycles. The van der Waals surface area contributed by atoms with Gasteiger partial charge in [-0.05, 0) is 43.7 Å². The van der Waals surface area contributed by atoms with E-state index in [2.05, 4.69) is 0 Å². The summed E-state index contributed by atoms with van der Waals surface area (Å²) in [7, 11) is 4.50. The summed E-state index contributed by atoms with van der Waals surface area (Å²) >= 11 is 0. The maximum atomic E-state index is 13.3. The van der Waals surface area contributed by atoms with Crippen LogP contribution in [-0.2, 0) is 0 Å². The summed E-state index contributed by atoms with van der Waals surface area (Å²) in [6.45, 7) is 3.41. The van der Waals surface area contributed by atoms with E-state index >= 15 is 0 Å². The van der Waals surface area contributed by atoms with Gasteiger partial charge in [0, 0.05) is 17.3 Å². The SMILES string of the molecule is COc1cc(C(=O)c2cc(C(C)=O)c3c(C)cccn23)cc(OC)c1OC. The van der Waals surface area contributed by atoms with E-state index in [0.717, 1.165) is 11.1 Å². The molecule has 6 nitrogen and oxygen atoms in total. The van der Waals surface area contributed by atoms with Crippen molar-refractivity contribution >= 4 is 17.1 Å². The molecule has 0 fully saturated rings. The van der Waals surface area contributed by atoms with Crippen molar-refractivity contribution in [3.63, 3.8) is 0 Å². The van der Waals surface area contributed by atoms with Crippen LogP contribution in [0.5, 0.6) is 17.2 Å². The van der Waals surface area contributed by atoms with E-state index in [4.69, 9.17) is 14.2 Å². The number of benzene rings is 1. The lowest BCUT2D eigenvalue weighted by Crippen LogP contribution is -2.07. The summed E-state index contributed by atoms with van der Waals surface area (Å²) in [6, 6.07) is 8.60. The normalized spacial score (nSPS) is 10.7. The minimum Gasteiger partial charge on any atom is -0.493 e. The number of carbonyl (C=O) groups is 2. The molecule has 0 saturated carbocycles. The first kappa shape index (κ1) is 18.5. The molecule has 2 aromatic heterocycles. The highest BCUT2D eigenvalue weighted by molar-refractivity contribution is 6.12. The number of fused-ring (bicyclic) bond motifs is 1. The molecule has 0 spiro atoms. The third-order valence-corrected chi connectivity index (χ3v) is 4.53. The van der Waals surface area contributed by atoms with Gasteiger partial charge in [-0.3, -0.25) is 9.59 Å². The number of Topliss-reactive ketones (excluding diaryl/α,β-unsaturated/α-hetero) is 1. The summed E-state index contributed by atoms with van der Waals surface area (Å²) in [4.78, 5) is 25.3. The smallest absolute Gasteiger partial charge is 0.210 e. The number of rotatable bonds is 6. The minimum atomic E-state index is -0.248. The maximum Gasteiger partial charge on any atom is 0.210 e. The molecule has 0 radical (unpaired) electrons. The number of pyridine rings is 1. The Hall–Kier alpha value is -3.28. The largest absolute Gasteiger partial charge is 0.493 e. The van der Waals surface area contributed by atoms with Crippen LogP contribution in [0.3, 0.4) is 0 Å². The number of hydrogen-bond acceptors (Lipinski definition) is 5. The number of ketones is 2. The van der Waals surface area contributed by atoms with Crippen LogP contribution in [0.15, 0.2) is 36.5 Å². The van der Waals surface area contributed by atoms with E-state index in [-0.39, 0.29) is 11.6 Å². The van der Waals surface area contributed by atoms with E-state index in [0.29, 0.717) is 34.1 Å². The zero-order chi connectivity index (χ0) is 19.7. The van der Waals surface area contributed by atoms with Gasteiger partial charge in [0.1, 0.15) is 0 Å². The highest BCUT2D eigenvalue weighted by atomic mass is 16.5. The fourth-order valence-corrected chi connectivity index (χ4v) is 3.24. The second-order valence-corrected chi connectivity index (χ2v) is 6.15. The second kappa shape index (κ2) is 7.15. The van der Waals surface area contributed by atoms with E-state index in [1.54, 1.807) is 28.8 Å². The monoisotopic (exact) mass is 367 g/mol. The summed E-state index contributed by atoms with van der Waals surface area (Å²) in [6.07, 6.45) is 1.78. The molecule has 0 aliphatic carbocycles. The van der Waals surface area contributed by atoms with Gasteiger partial charge in [0.05, 0.1) is 32.5 Å². The zero-order valence-electron chi connectivity index (χ0n) is 16.0. The lowest BCUT2D eigenvalue weighted by atomic mass is 10.1. The van der Waals surface area contributed by atoms with Gasteiger partial charge in [-0.1, -0.05) is 6.07 Å². The maximum absolute atomic E-state index is 13.3. The Morgan fingerprint density at radius 2 is 1.59 bits per heavy atom. The number of aryl methyl sites for hydroxylation is 1. The van der Waals surface area contributed by atoms with Gasteiger partial charge >= 0.3 is 0 Å². The molecule has 0 N–H and O–H groups in total. The molecule has 0 aliphatic rings. The van der Waals surface area contributed by atoms with Crippen LogP contribution in [0, 0.1) is 6.92 Å².